The summed E-state index contributed by atoms with van der Waals surface area (Å²) in [6.07, 6.45) is 8.43. The maximum atomic E-state index is 3.49. The Morgan fingerprint density at radius 3 is 2.53 bits per heavy atom. The van der Waals surface area contributed by atoms with Crippen molar-refractivity contribution in [3.05, 3.63) is 58.6 Å². The highest BCUT2D eigenvalue weighted by Gasteiger charge is 2.07. The number of aryl methyl sites for hydroxylation is 1. The van der Waals surface area contributed by atoms with Crippen LogP contribution in [0.1, 0.15) is 12.0 Å². The lowest BCUT2D eigenvalue weighted by Gasteiger charge is -2.02. The first-order valence-electron chi connectivity index (χ1n) is 6.57. The average Bonchev–Trinajstić information content (AvgIpc) is 2.36. The van der Waals surface area contributed by atoms with E-state index in [9.17, 15) is 0 Å². The fourth-order valence-electron chi connectivity index (χ4n) is 1.43. The Labute approximate surface area is 126 Å². The predicted octanol–water partition coefficient (Wildman–Crippen LogP) is 5.34. The largest absolute Gasteiger partial charge is 0.129 e. The lowest BCUT2D eigenvalue weighted by atomic mass is 10.1. The standard InChI is InChI=1S/C17H21BrSi/c1-19(2,3)15-14-17(18)13-9-5-8-12-16-10-6-4-7-11-16/h4-7,9-11,13H,8,12H2,1-3H3/b9-5+,17-13-. The summed E-state index contributed by atoms with van der Waals surface area (Å²) in [7, 11) is -1.27. The van der Waals surface area contributed by atoms with Gasteiger partial charge in [0.2, 0.25) is 0 Å². The van der Waals surface area contributed by atoms with Crippen LogP contribution >= 0.6 is 15.9 Å². The summed E-state index contributed by atoms with van der Waals surface area (Å²) < 4.78 is 0.964. The van der Waals surface area contributed by atoms with Gasteiger partial charge >= 0.3 is 0 Å². The molecule has 0 aliphatic heterocycles. The van der Waals surface area contributed by atoms with E-state index in [1.54, 1.807) is 0 Å². The molecule has 0 atom stereocenters. The van der Waals surface area contributed by atoms with Crippen molar-refractivity contribution in [3.8, 4) is 11.5 Å². The third-order valence-electron chi connectivity index (χ3n) is 2.38. The molecule has 0 bridgehead atoms. The lowest BCUT2D eigenvalue weighted by Crippen LogP contribution is -2.16. The van der Waals surface area contributed by atoms with Gasteiger partial charge in [-0.05, 0) is 40.4 Å². The molecule has 0 saturated heterocycles. The monoisotopic (exact) mass is 332 g/mol. The van der Waals surface area contributed by atoms with Crippen LogP contribution in [0.25, 0.3) is 0 Å². The second-order valence-corrected chi connectivity index (χ2v) is 11.1. The van der Waals surface area contributed by atoms with Crippen LogP contribution in [0, 0.1) is 11.5 Å². The predicted molar refractivity (Wildman–Crippen MR) is 92.0 cm³/mol. The van der Waals surface area contributed by atoms with Crippen molar-refractivity contribution in [3.63, 3.8) is 0 Å². The molecule has 1 rings (SSSR count). The summed E-state index contributed by atoms with van der Waals surface area (Å²) in [5.41, 5.74) is 4.71. The van der Waals surface area contributed by atoms with Gasteiger partial charge in [-0.3, -0.25) is 0 Å². The molecule has 0 spiro atoms. The molecule has 100 valence electrons. The van der Waals surface area contributed by atoms with Crippen LogP contribution in [-0.2, 0) is 6.42 Å². The van der Waals surface area contributed by atoms with Crippen LogP contribution in [0.2, 0.25) is 19.6 Å². The number of allylic oxidation sites excluding steroid dienone is 4. The lowest BCUT2D eigenvalue weighted by molar-refractivity contribution is 1.00. The molecule has 0 saturated carbocycles. The van der Waals surface area contributed by atoms with Gasteiger partial charge in [0.1, 0.15) is 8.07 Å². The molecule has 0 N–H and O–H groups in total. The molecule has 0 aliphatic carbocycles. The van der Waals surface area contributed by atoms with Gasteiger partial charge in [0, 0.05) is 0 Å². The number of halogens is 1. The second kappa shape index (κ2) is 8.19. The molecule has 1 aromatic carbocycles. The molecule has 0 aromatic heterocycles. The zero-order valence-electron chi connectivity index (χ0n) is 11.9. The zero-order valence-corrected chi connectivity index (χ0v) is 14.5. The smallest absolute Gasteiger partial charge is 0.126 e. The summed E-state index contributed by atoms with van der Waals surface area (Å²) in [6, 6.07) is 10.6. The van der Waals surface area contributed by atoms with Gasteiger partial charge in [-0.1, -0.05) is 68.0 Å². The van der Waals surface area contributed by atoms with E-state index in [4.69, 9.17) is 0 Å². The van der Waals surface area contributed by atoms with Gasteiger partial charge in [0.05, 0.1) is 4.48 Å². The highest BCUT2D eigenvalue weighted by Crippen LogP contribution is 2.06. The minimum atomic E-state index is -1.27. The van der Waals surface area contributed by atoms with Gasteiger partial charge in [-0.25, -0.2) is 0 Å². The molecular formula is C17H21BrSi. The van der Waals surface area contributed by atoms with E-state index in [0.717, 1.165) is 17.3 Å². The van der Waals surface area contributed by atoms with Crippen molar-refractivity contribution >= 4 is 24.0 Å². The maximum Gasteiger partial charge on any atom is 0.129 e. The second-order valence-electron chi connectivity index (χ2n) is 5.47. The molecule has 0 fully saturated rings. The van der Waals surface area contributed by atoms with Crippen molar-refractivity contribution in [1.82, 2.24) is 0 Å². The highest BCUT2D eigenvalue weighted by atomic mass is 79.9. The fraction of sp³-hybridized carbons (Fsp3) is 0.294. The number of hydrogen-bond acceptors (Lipinski definition) is 0. The molecule has 0 aliphatic rings. The molecular weight excluding hydrogens is 312 g/mol. The van der Waals surface area contributed by atoms with Crippen molar-refractivity contribution < 1.29 is 0 Å². The van der Waals surface area contributed by atoms with Crippen molar-refractivity contribution in [1.29, 1.82) is 0 Å². The van der Waals surface area contributed by atoms with E-state index >= 15 is 0 Å². The average molecular weight is 333 g/mol. The van der Waals surface area contributed by atoms with Crippen LogP contribution in [0.4, 0.5) is 0 Å². The van der Waals surface area contributed by atoms with Gasteiger partial charge in [-0.15, -0.1) is 5.54 Å². The van der Waals surface area contributed by atoms with Gasteiger partial charge in [-0.2, -0.15) is 0 Å². The first-order valence-corrected chi connectivity index (χ1v) is 10.9. The van der Waals surface area contributed by atoms with Gasteiger partial charge in [0.15, 0.2) is 0 Å². The maximum absolute atomic E-state index is 3.49. The molecule has 0 nitrogen and oxygen atoms in total. The molecule has 0 unspecified atom stereocenters. The van der Waals surface area contributed by atoms with Gasteiger partial charge in [0.25, 0.3) is 0 Å². The van der Waals surface area contributed by atoms with Crippen molar-refractivity contribution in [2.45, 2.75) is 32.5 Å². The molecule has 0 heterocycles. The van der Waals surface area contributed by atoms with E-state index < -0.39 is 8.07 Å². The van der Waals surface area contributed by atoms with Crippen LogP contribution in [0.15, 0.2) is 53.0 Å². The third-order valence-corrected chi connectivity index (χ3v) is 3.72. The SMILES string of the molecule is C[Si](C)(C)C#C/C(Br)=C/C=C/CCc1ccccc1. The van der Waals surface area contributed by atoms with E-state index in [-0.39, 0.29) is 0 Å². The van der Waals surface area contributed by atoms with Gasteiger partial charge < -0.3 is 0 Å². The van der Waals surface area contributed by atoms with E-state index in [2.05, 4.69) is 89.5 Å². The Morgan fingerprint density at radius 2 is 1.89 bits per heavy atom. The minimum Gasteiger partial charge on any atom is -0.126 e. The normalized spacial score (nSPS) is 12.3. The first-order chi connectivity index (χ1) is 8.97. The summed E-state index contributed by atoms with van der Waals surface area (Å²) in [5.74, 6) is 3.17. The van der Waals surface area contributed by atoms with Crippen molar-refractivity contribution in [2.24, 2.45) is 0 Å². The van der Waals surface area contributed by atoms with E-state index in [1.807, 2.05) is 6.08 Å². The number of hydrogen-bond donors (Lipinski definition) is 0. The molecule has 0 radical (unpaired) electrons. The Hall–Kier alpha value is -1.04. The zero-order chi connectivity index (χ0) is 14.1. The first kappa shape index (κ1) is 16.0. The quantitative estimate of drug-likeness (QED) is 0.397. The Kier molecular flexibility index (Phi) is 6.90. The van der Waals surface area contributed by atoms with Crippen molar-refractivity contribution in [2.75, 3.05) is 0 Å². The number of benzene rings is 1. The third kappa shape index (κ3) is 8.64. The topological polar surface area (TPSA) is 0 Å². The summed E-state index contributed by atoms with van der Waals surface area (Å²) >= 11 is 3.49. The Balaban J connectivity index is 2.39. The summed E-state index contributed by atoms with van der Waals surface area (Å²) in [4.78, 5) is 0. The summed E-state index contributed by atoms with van der Waals surface area (Å²) in [6.45, 7) is 6.74. The molecule has 1 aromatic rings. The van der Waals surface area contributed by atoms with E-state index in [0.29, 0.717) is 0 Å². The van der Waals surface area contributed by atoms with Crippen LogP contribution in [0.3, 0.4) is 0 Å². The number of rotatable bonds is 4. The van der Waals surface area contributed by atoms with Crippen LogP contribution < -0.4 is 0 Å². The molecule has 0 amide bonds. The van der Waals surface area contributed by atoms with E-state index in [1.165, 1.54) is 5.56 Å². The molecule has 19 heavy (non-hydrogen) atoms. The Morgan fingerprint density at radius 1 is 1.21 bits per heavy atom. The Bertz CT molecular complexity index is 496. The summed E-state index contributed by atoms with van der Waals surface area (Å²) in [5, 5.41) is 0. The van der Waals surface area contributed by atoms with Crippen LogP contribution in [0.5, 0.6) is 0 Å². The molecule has 2 heteroatoms. The minimum absolute atomic E-state index is 0.964. The fourth-order valence-corrected chi connectivity index (χ4v) is 2.38. The van der Waals surface area contributed by atoms with Crippen LogP contribution in [-0.4, -0.2) is 8.07 Å². The highest BCUT2D eigenvalue weighted by molar-refractivity contribution is 9.12.